The number of rotatable bonds is 4. The lowest BCUT2D eigenvalue weighted by atomic mass is 10.0. The van der Waals surface area contributed by atoms with Gasteiger partial charge in [0.2, 0.25) is 11.9 Å². The highest BCUT2D eigenvalue weighted by Gasteiger charge is 2.24. The summed E-state index contributed by atoms with van der Waals surface area (Å²) in [5.74, 6) is 0.304. The molecule has 6 heteroatoms. The average molecular weight is 289 g/mol. The molecule has 0 saturated heterocycles. The molecular weight excluding hydrogens is 269 g/mol. The van der Waals surface area contributed by atoms with E-state index in [0.29, 0.717) is 0 Å². The summed E-state index contributed by atoms with van der Waals surface area (Å²) in [6, 6.07) is 7.99. The van der Waals surface area contributed by atoms with Crippen molar-refractivity contribution in [2.75, 3.05) is 11.1 Å². The quantitative estimate of drug-likeness (QED) is 0.904. The van der Waals surface area contributed by atoms with Gasteiger partial charge in [-0.2, -0.15) is 15.0 Å². The molecule has 0 amide bonds. The molecule has 2 aromatic rings. The largest absolute Gasteiger partial charge is 0.368 e. The van der Waals surface area contributed by atoms with Gasteiger partial charge in [0, 0.05) is 0 Å². The van der Waals surface area contributed by atoms with E-state index in [1.54, 1.807) is 0 Å². The minimum Gasteiger partial charge on any atom is -0.368 e. The van der Waals surface area contributed by atoms with Crippen LogP contribution in [0.2, 0.25) is 0 Å². The van der Waals surface area contributed by atoms with Crippen LogP contribution in [0.4, 0.5) is 16.3 Å². The lowest BCUT2D eigenvalue weighted by molar-refractivity contribution is 0.206. The second-order valence-electron chi connectivity index (χ2n) is 5.54. The van der Waals surface area contributed by atoms with Gasteiger partial charge in [0.15, 0.2) is 11.5 Å². The normalized spacial score (nSPS) is 13.0. The molecule has 0 fully saturated rings. The summed E-state index contributed by atoms with van der Waals surface area (Å²) >= 11 is 0. The number of benzene rings is 1. The van der Waals surface area contributed by atoms with E-state index in [9.17, 15) is 4.39 Å². The predicted molar refractivity (Wildman–Crippen MR) is 81.6 cm³/mol. The third-order valence-electron chi connectivity index (χ3n) is 3.19. The first-order valence-electron chi connectivity index (χ1n) is 6.80. The van der Waals surface area contributed by atoms with Crippen LogP contribution in [0.3, 0.4) is 0 Å². The Labute approximate surface area is 123 Å². The number of aryl methyl sites for hydroxylation is 1. The predicted octanol–water partition coefficient (Wildman–Crippen LogP) is 3.14. The zero-order valence-electron chi connectivity index (χ0n) is 12.7. The monoisotopic (exact) mass is 289 g/mol. The molecule has 0 aliphatic heterocycles. The Kier molecular flexibility index (Phi) is 4.06. The fourth-order valence-corrected chi connectivity index (χ4v) is 2.07. The first kappa shape index (κ1) is 15.2. The summed E-state index contributed by atoms with van der Waals surface area (Å²) < 4.78 is 14.0. The summed E-state index contributed by atoms with van der Waals surface area (Å²) in [6.07, 6.45) is 0. The molecular formula is C15H20FN5. The number of hydrogen-bond donors (Lipinski definition) is 2. The van der Waals surface area contributed by atoms with Crippen LogP contribution in [-0.4, -0.2) is 15.0 Å². The second-order valence-corrected chi connectivity index (χ2v) is 5.54. The van der Waals surface area contributed by atoms with Crippen LogP contribution in [0.25, 0.3) is 0 Å². The molecule has 5 nitrogen and oxygen atoms in total. The zero-order chi connectivity index (χ0) is 15.6. The number of anilines is 2. The van der Waals surface area contributed by atoms with E-state index in [1.807, 2.05) is 38.1 Å². The topological polar surface area (TPSA) is 76.7 Å². The Bertz CT molecular complexity index is 636. The van der Waals surface area contributed by atoms with E-state index in [4.69, 9.17) is 5.73 Å². The lowest BCUT2D eigenvalue weighted by Crippen LogP contribution is -2.19. The number of alkyl halides is 1. The first-order chi connectivity index (χ1) is 9.77. The van der Waals surface area contributed by atoms with Crippen LogP contribution in [0.5, 0.6) is 0 Å². The number of nitrogens with two attached hydrogens (primary N) is 1. The lowest BCUT2D eigenvalue weighted by Gasteiger charge is -2.18. The minimum atomic E-state index is -1.67. The average Bonchev–Trinajstić information content (AvgIpc) is 2.37. The van der Waals surface area contributed by atoms with Crippen molar-refractivity contribution < 1.29 is 4.39 Å². The number of halogens is 1. The van der Waals surface area contributed by atoms with Crippen LogP contribution < -0.4 is 11.1 Å². The maximum absolute atomic E-state index is 14.0. The summed E-state index contributed by atoms with van der Waals surface area (Å²) in [6.45, 7) is 6.79. The van der Waals surface area contributed by atoms with Gasteiger partial charge in [-0.05, 0) is 38.8 Å². The van der Waals surface area contributed by atoms with Crippen molar-refractivity contribution in [2.45, 2.75) is 39.4 Å². The van der Waals surface area contributed by atoms with Gasteiger partial charge in [-0.1, -0.05) is 24.3 Å². The number of nitrogens with zero attached hydrogens (tertiary/aromatic N) is 3. The van der Waals surface area contributed by atoms with Crippen LogP contribution in [0, 0.1) is 6.92 Å². The van der Waals surface area contributed by atoms with E-state index in [-0.39, 0.29) is 23.8 Å². The Balaban J connectivity index is 2.28. The Morgan fingerprint density at radius 1 is 1.19 bits per heavy atom. The molecule has 2 rings (SSSR count). The molecule has 1 aromatic carbocycles. The van der Waals surface area contributed by atoms with Crippen molar-refractivity contribution in [3.8, 4) is 0 Å². The highest BCUT2D eigenvalue weighted by molar-refractivity contribution is 5.38. The molecule has 0 radical (unpaired) electrons. The van der Waals surface area contributed by atoms with Crippen molar-refractivity contribution in [1.29, 1.82) is 0 Å². The number of aromatic nitrogens is 3. The van der Waals surface area contributed by atoms with Gasteiger partial charge in [0.1, 0.15) is 0 Å². The standard InChI is InChI=1S/C15H20FN5/c1-9-7-5-6-8-11(9)10(2)18-14-20-12(15(3,4)16)19-13(17)21-14/h5-8,10H,1-4H3,(H3,17,18,19,20,21). The fourth-order valence-electron chi connectivity index (χ4n) is 2.07. The van der Waals surface area contributed by atoms with Gasteiger partial charge in [0.25, 0.3) is 0 Å². The van der Waals surface area contributed by atoms with E-state index in [2.05, 4.69) is 20.3 Å². The molecule has 0 bridgehead atoms. The summed E-state index contributed by atoms with van der Waals surface area (Å²) in [7, 11) is 0. The Morgan fingerprint density at radius 2 is 1.86 bits per heavy atom. The molecule has 0 spiro atoms. The molecule has 1 atom stereocenters. The van der Waals surface area contributed by atoms with Crippen molar-refractivity contribution >= 4 is 11.9 Å². The summed E-state index contributed by atoms with van der Waals surface area (Å²) in [5.41, 5.74) is 6.24. The number of hydrogen-bond acceptors (Lipinski definition) is 5. The molecule has 1 aromatic heterocycles. The molecule has 0 saturated carbocycles. The van der Waals surface area contributed by atoms with Crippen LogP contribution in [0.1, 0.15) is 43.8 Å². The maximum atomic E-state index is 14.0. The molecule has 21 heavy (non-hydrogen) atoms. The third-order valence-corrected chi connectivity index (χ3v) is 3.19. The van der Waals surface area contributed by atoms with E-state index in [0.717, 1.165) is 11.1 Å². The smallest absolute Gasteiger partial charge is 0.228 e. The van der Waals surface area contributed by atoms with Crippen molar-refractivity contribution in [2.24, 2.45) is 0 Å². The zero-order valence-corrected chi connectivity index (χ0v) is 12.7. The molecule has 1 unspecified atom stereocenters. The van der Waals surface area contributed by atoms with Gasteiger partial charge >= 0.3 is 0 Å². The molecule has 3 N–H and O–H groups in total. The number of nitrogen functional groups attached to an aromatic ring is 1. The molecule has 1 heterocycles. The highest BCUT2D eigenvalue weighted by Crippen LogP contribution is 2.24. The minimum absolute atomic E-state index is 0.00482. The van der Waals surface area contributed by atoms with Crippen molar-refractivity contribution in [1.82, 2.24) is 15.0 Å². The van der Waals surface area contributed by atoms with Crippen LogP contribution in [0.15, 0.2) is 24.3 Å². The third kappa shape index (κ3) is 3.65. The fraction of sp³-hybridized carbons (Fsp3) is 0.400. The van der Waals surface area contributed by atoms with Crippen molar-refractivity contribution in [3.63, 3.8) is 0 Å². The second kappa shape index (κ2) is 5.63. The summed E-state index contributed by atoms with van der Waals surface area (Å²) in [5, 5.41) is 3.14. The van der Waals surface area contributed by atoms with Crippen molar-refractivity contribution in [3.05, 3.63) is 41.2 Å². The van der Waals surface area contributed by atoms with Crippen LogP contribution in [-0.2, 0) is 5.67 Å². The van der Waals surface area contributed by atoms with E-state index in [1.165, 1.54) is 13.8 Å². The van der Waals surface area contributed by atoms with Gasteiger partial charge in [-0.15, -0.1) is 0 Å². The SMILES string of the molecule is Cc1ccccc1C(C)Nc1nc(N)nc(C(C)(C)F)n1. The van der Waals surface area contributed by atoms with Gasteiger partial charge in [0.05, 0.1) is 6.04 Å². The van der Waals surface area contributed by atoms with Gasteiger partial charge in [-0.3, -0.25) is 0 Å². The Morgan fingerprint density at radius 3 is 2.48 bits per heavy atom. The molecule has 112 valence electrons. The first-order valence-corrected chi connectivity index (χ1v) is 6.80. The highest BCUT2D eigenvalue weighted by atomic mass is 19.1. The van der Waals surface area contributed by atoms with Crippen LogP contribution >= 0.6 is 0 Å². The van der Waals surface area contributed by atoms with Gasteiger partial charge in [-0.25, -0.2) is 4.39 Å². The van der Waals surface area contributed by atoms with E-state index < -0.39 is 5.67 Å². The maximum Gasteiger partial charge on any atom is 0.228 e. The Hall–Kier alpha value is -2.24. The molecule has 0 aliphatic rings. The molecule has 0 aliphatic carbocycles. The number of nitrogens with one attached hydrogen (secondary N) is 1. The summed E-state index contributed by atoms with van der Waals surface area (Å²) in [4.78, 5) is 12.0. The van der Waals surface area contributed by atoms with E-state index >= 15 is 0 Å². The van der Waals surface area contributed by atoms with Gasteiger partial charge < -0.3 is 11.1 Å².